The van der Waals surface area contributed by atoms with Gasteiger partial charge in [-0.15, -0.1) is 0 Å². The van der Waals surface area contributed by atoms with Crippen molar-refractivity contribution in [1.82, 2.24) is 14.8 Å². The molecule has 0 aromatic heterocycles. The molecule has 2 aromatic rings. The molecule has 0 aliphatic carbocycles. The van der Waals surface area contributed by atoms with Crippen LogP contribution in [0.1, 0.15) is 22.3 Å². The summed E-state index contributed by atoms with van der Waals surface area (Å²) >= 11 is 0. The van der Waals surface area contributed by atoms with Crippen LogP contribution in [0.2, 0.25) is 0 Å². The van der Waals surface area contributed by atoms with E-state index in [1.54, 1.807) is 5.01 Å². The number of carbonyl (C=O) groups is 2. The van der Waals surface area contributed by atoms with Crippen LogP contribution in [0.15, 0.2) is 65.8 Å². The molecule has 1 fully saturated rings. The van der Waals surface area contributed by atoms with Crippen molar-refractivity contribution >= 4 is 17.5 Å². The second-order valence-corrected chi connectivity index (χ2v) is 7.11. The maximum Gasteiger partial charge on any atom is 0.256 e. The predicted molar refractivity (Wildman–Crippen MR) is 108 cm³/mol. The van der Waals surface area contributed by atoms with Crippen LogP contribution in [0.4, 0.5) is 0 Å². The number of rotatable bonds is 4. The van der Waals surface area contributed by atoms with Gasteiger partial charge in [0.2, 0.25) is 0 Å². The fourth-order valence-electron chi connectivity index (χ4n) is 3.62. The van der Waals surface area contributed by atoms with Crippen molar-refractivity contribution in [2.75, 3.05) is 39.3 Å². The maximum atomic E-state index is 12.6. The van der Waals surface area contributed by atoms with Crippen LogP contribution >= 0.6 is 0 Å². The Morgan fingerprint density at radius 3 is 2.14 bits per heavy atom. The second kappa shape index (κ2) is 8.35. The van der Waals surface area contributed by atoms with Crippen molar-refractivity contribution in [1.29, 1.82) is 0 Å². The van der Waals surface area contributed by atoms with Crippen molar-refractivity contribution in [3.05, 3.63) is 71.8 Å². The molecule has 4 rings (SSSR count). The molecular formula is C22H24N4O2. The van der Waals surface area contributed by atoms with Crippen molar-refractivity contribution in [2.45, 2.75) is 6.42 Å². The Labute approximate surface area is 165 Å². The zero-order valence-corrected chi connectivity index (χ0v) is 15.8. The highest BCUT2D eigenvalue weighted by atomic mass is 16.2. The lowest BCUT2D eigenvalue weighted by Gasteiger charge is -2.34. The Kier molecular flexibility index (Phi) is 5.48. The molecule has 0 unspecified atom stereocenters. The van der Waals surface area contributed by atoms with Gasteiger partial charge in [-0.2, -0.15) is 5.10 Å². The number of hydrogen-bond donors (Lipinski definition) is 0. The van der Waals surface area contributed by atoms with E-state index < -0.39 is 0 Å². The molecule has 0 spiro atoms. The number of benzene rings is 2. The van der Waals surface area contributed by atoms with Crippen LogP contribution < -0.4 is 0 Å². The fraction of sp³-hybridized carbons (Fsp3) is 0.318. The Morgan fingerprint density at radius 2 is 1.46 bits per heavy atom. The van der Waals surface area contributed by atoms with E-state index in [9.17, 15) is 9.59 Å². The summed E-state index contributed by atoms with van der Waals surface area (Å²) in [5.74, 6) is 0.0805. The second-order valence-electron chi connectivity index (χ2n) is 7.11. The van der Waals surface area contributed by atoms with Crippen LogP contribution in [0.5, 0.6) is 0 Å². The minimum atomic E-state index is 0.0220. The molecule has 2 heterocycles. The number of nitrogens with zero attached hydrogens (tertiary/aromatic N) is 4. The van der Waals surface area contributed by atoms with Gasteiger partial charge in [-0.3, -0.25) is 14.5 Å². The lowest BCUT2D eigenvalue weighted by Crippen LogP contribution is -2.51. The quantitative estimate of drug-likeness (QED) is 0.821. The first-order valence-electron chi connectivity index (χ1n) is 9.70. The molecule has 2 aliphatic heterocycles. The van der Waals surface area contributed by atoms with E-state index >= 15 is 0 Å². The van der Waals surface area contributed by atoms with E-state index in [1.165, 1.54) is 0 Å². The predicted octanol–water partition coefficient (Wildman–Crippen LogP) is 2.08. The van der Waals surface area contributed by atoms with Crippen molar-refractivity contribution in [3.63, 3.8) is 0 Å². The molecule has 0 atom stereocenters. The minimum absolute atomic E-state index is 0.0220. The van der Waals surface area contributed by atoms with E-state index in [1.807, 2.05) is 65.6 Å². The highest BCUT2D eigenvalue weighted by Gasteiger charge is 2.26. The van der Waals surface area contributed by atoms with E-state index in [0.717, 1.165) is 17.7 Å². The van der Waals surface area contributed by atoms with Gasteiger partial charge in [0.05, 0.1) is 18.8 Å². The molecule has 0 bridgehead atoms. The third-order valence-corrected chi connectivity index (χ3v) is 5.24. The van der Waals surface area contributed by atoms with Gasteiger partial charge in [-0.1, -0.05) is 48.5 Å². The molecule has 6 heteroatoms. The average molecular weight is 376 g/mol. The molecule has 0 N–H and O–H groups in total. The molecule has 28 heavy (non-hydrogen) atoms. The van der Waals surface area contributed by atoms with Crippen molar-refractivity contribution in [3.8, 4) is 0 Å². The van der Waals surface area contributed by atoms with Gasteiger partial charge in [0, 0.05) is 38.2 Å². The van der Waals surface area contributed by atoms with Gasteiger partial charge >= 0.3 is 0 Å². The Bertz CT molecular complexity index is 859. The molecule has 0 radical (unpaired) electrons. The van der Waals surface area contributed by atoms with Gasteiger partial charge in [-0.25, -0.2) is 5.01 Å². The van der Waals surface area contributed by atoms with Gasteiger partial charge < -0.3 is 4.90 Å². The number of amides is 2. The molecule has 2 amide bonds. The molecule has 144 valence electrons. The number of hydrogen-bond acceptors (Lipinski definition) is 4. The largest absolute Gasteiger partial charge is 0.336 e. The zero-order chi connectivity index (χ0) is 19.3. The van der Waals surface area contributed by atoms with Gasteiger partial charge in [-0.05, 0) is 17.7 Å². The Balaban J connectivity index is 1.29. The van der Waals surface area contributed by atoms with Gasteiger partial charge in [0.25, 0.3) is 11.8 Å². The first-order valence-corrected chi connectivity index (χ1v) is 9.70. The first kappa shape index (κ1) is 18.4. The summed E-state index contributed by atoms with van der Waals surface area (Å²) in [6, 6.07) is 19.3. The van der Waals surface area contributed by atoms with Gasteiger partial charge in [0.15, 0.2) is 0 Å². The highest BCUT2D eigenvalue weighted by molar-refractivity contribution is 6.02. The Hall–Kier alpha value is -2.99. The third-order valence-electron chi connectivity index (χ3n) is 5.24. The molecular weight excluding hydrogens is 352 g/mol. The standard InChI is InChI=1S/C22H24N4O2/c27-21(26-12-11-20(23-26)18-7-3-1-4-8-18)17-24-13-15-25(16-14-24)22(28)19-9-5-2-6-10-19/h1-10H,11-17H2. The first-order chi connectivity index (χ1) is 13.7. The molecule has 2 aliphatic rings. The van der Waals surface area contributed by atoms with Crippen LogP contribution in [-0.2, 0) is 4.79 Å². The van der Waals surface area contributed by atoms with E-state index in [2.05, 4.69) is 10.0 Å². The number of carbonyl (C=O) groups excluding carboxylic acids is 2. The maximum absolute atomic E-state index is 12.6. The summed E-state index contributed by atoms with van der Waals surface area (Å²) < 4.78 is 0. The van der Waals surface area contributed by atoms with E-state index in [4.69, 9.17) is 0 Å². The molecule has 0 saturated carbocycles. The topological polar surface area (TPSA) is 56.2 Å². The van der Waals surface area contributed by atoms with Crippen LogP contribution in [-0.4, -0.2) is 71.6 Å². The lowest BCUT2D eigenvalue weighted by molar-refractivity contribution is -0.132. The summed E-state index contributed by atoms with van der Waals surface area (Å²) in [6.45, 7) is 3.66. The molecule has 2 aromatic carbocycles. The summed E-state index contributed by atoms with van der Waals surface area (Å²) in [5, 5.41) is 6.10. The SMILES string of the molecule is O=C(c1ccccc1)N1CCN(CC(=O)N2CCC(c3ccccc3)=N2)CC1. The smallest absolute Gasteiger partial charge is 0.256 e. The van der Waals surface area contributed by atoms with Crippen molar-refractivity contribution in [2.24, 2.45) is 5.10 Å². The zero-order valence-electron chi connectivity index (χ0n) is 15.8. The molecule has 1 saturated heterocycles. The number of piperazine rings is 1. The summed E-state index contributed by atoms with van der Waals surface area (Å²) in [6.07, 6.45) is 0.787. The van der Waals surface area contributed by atoms with Crippen LogP contribution in [0, 0.1) is 0 Å². The summed E-state index contributed by atoms with van der Waals surface area (Å²) in [4.78, 5) is 29.1. The van der Waals surface area contributed by atoms with Crippen molar-refractivity contribution < 1.29 is 9.59 Å². The molecule has 6 nitrogen and oxygen atoms in total. The van der Waals surface area contributed by atoms with E-state index in [0.29, 0.717) is 44.8 Å². The van der Waals surface area contributed by atoms with E-state index in [-0.39, 0.29) is 11.8 Å². The third kappa shape index (κ3) is 4.12. The number of hydrazone groups is 1. The average Bonchev–Trinajstić information content (AvgIpc) is 3.26. The normalized spacial score (nSPS) is 17.5. The highest BCUT2D eigenvalue weighted by Crippen LogP contribution is 2.15. The Morgan fingerprint density at radius 1 is 0.821 bits per heavy atom. The minimum Gasteiger partial charge on any atom is -0.336 e. The van der Waals surface area contributed by atoms with Gasteiger partial charge in [0.1, 0.15) is 0 Å². The van der Waals surface area contributed by atoms with Crippen LogP contribution in [0.25, 0.3) is 0 Å². The lowest BCUT2D eigenvalue weighted by atomic mass is 10.1. The monoisotopic (exact) mass is 376 g/mol. The fourth-order valence-corrected chi connectivity index (χ4v) is 3.62. The summed E-state index contributed by atoms with van der Waals surface area (Å²) in [7, 11) is 0. The van der Waals surface area contributed by atoms with Crippen LogP contribution in [0.3, 0.4) is 0 Å². The summed E-state index contributed by atoms with van der Waals surface area (Å²) in [5.41, 5.74) is 2.75.